The number of ether oxygens (including phenoxy) is 6. The van der Waals surface area contributed by atoms with E-state index in [1.165, 1.54) is 18.8 Å². The molecule has 0 saturated carbocycles. The number of nitrogen functional groups attached to an aromatic ring is 1. The quantitative estimate of drug-likeness (QED) is 0.0391. The van der Waals surface area contributed by atoms with Gasteiger partial charge in [-0.25, -0.2) is 77.9 Å². The van der Waals surface area contributed by atoms with E-state index in [-0.39, 0.29) is 0 Å². The number of nitrogens with zero attached hydrogens (tertiary/aromatic N) is 20. The van der Waals surface area contributed by atoms with Crippen LogP contribution in [0.5, 0.6) is 34.5 Å². The molecular formula is C88H81BrN24O10. The molecule has 0 radical (unpaired) electrons. The average Bonchev–Trinajstić information content (AvgIpc) is 1.66. The summed E-state index contributed by atoms with van der Waals surface area (Å²) in [6, 6.07) is 57.5. The summed E-state index contributed by atoms with van der Waals surface area (Å²) >= 11 is 3.45. The molecule has 0 spiro atoms. The van der Waals surface area contributed by atoms with Crippen molar-refractivity contribution in [2.24, 2.45) is 0 Å². The highest BCUT2D eigenvalue weighted by atomic mass is 79.9. The summed E-state index contributed by atoms with van der Waals surface area (Å²) in [6.45, 7) is 3.25. The molecule has 0 amide bonds. The number of halogens is 1. The number of fused-ring (bicyclic) bond motifs is 4. The molecule has 0 fully saturated rings. The minimum atomic E-state index is 0.294. The molecule has 12 heterocycles. The van der Waals surface area contributed by atoms with Gasteiger partial charge in [-0.1, -0.05) is 121 Å². The van der Waals surface area contributed by atoms with Gasteiger partial charge in [0, 0.05) is 87.1 Å². The minimum absolute atomic E-state index is 0.294. The van der Waals surface area contributed by atoms with Crippen LogP contribution < -0.4 is 50.1 Å². The summed E-state index contributed by atoms with van der Waals surface area (Å²) in [5.41, 5.74) is 17.5. The van der Waals surface area contributed by atoms with E-state index >= 15 is 0 Å². The van der Waals surface area contributed by atoms with E-state index in [2.05, 4.69) is 129 Å². The minimum Gasteiger partial charge on any atom is -0.497 e. The van der Waals surface area contributed by atoms with Crippen LogP contribution >= 0.6 is 15.9 Å². The molecule has 0 saturated heterocycles. The predicted molar refractivity (Wildman–Crippen MR) is 461 cm³/mol. The Bertz CT molecular complexity index is 6390. The smallest absolute Gasteiger partial charge is 0.246 e. The van der Waals surface area contributed by atoms with Gasteiger partial charge >= 0.3 is 0 Å². The van der Waals surface area contributed by atoms with E-state index in [1.54, 1.807) is 123 Å². The second-order valence-electron chi connectivity index (χ2n) is 26.9. The molecule has 123 heavy (non-hydrogen) atoms. The van der Waals surface area contributed by atoms with Crippen molar-refractivity contribution in [3.8, 4) is 69.3 Å². The Kier molecular flexibility index (Phi) is 26.4. The summed E-state index contributed by atoms with van der Waals surface area (Å²) in [5, 5.41) is 28.5. The SMILES string of the molecule is COc1ccc(CNc2nc(-c3ncco3)cn3nc(Cc4ccccc4)nc23)c(OC)c1.COc1ccc(CNc2nc(-c3ncco3)cn3nc(Cc4ccccc4)nc23)c(OC)c1.COc1ccc(CNc2nc(Br)cn3nc(Cc4ccccc4)nc23)c(OC)c1.Cc1ncco1.Nc1nc(-c2ncco2)cn2nc(Cc3ccccc3)nc12. The third kappa shape index (κ3) is 21.0. The number of oxazole rings is 4. The molecule has 35 heteroatoms. The Morgan fingerprint density at radius 1 is 0.341 bits per heavy atom. The standard InChI is InChI=1S/2C24H22N6O3.C21H20BrN5O2.C15H12N6O.C4H5NO/c2*1-31-18-9-8-17(20(13-18)32-2)14-26-22-23-28-21(12-16-6-4-3-5-7-16)29-30(23)15-19(27-22)24-25-10-11-33-24;1-28-16-9-8-15(17(11-16)29-2)12-23-20-21-25-19(10-14-6-4-3-5-7-14)26-27(21)13-18(22)24-20;16-13-14-19-12(8-10-4-2-1-3-5-10)20-21(14)9-11(18-13)15-17-6-7-22-15;1-4-5-2-3-6-4/h2*3-11,13,15H,12,14H2,1-2H3,(H,26,27);3-9,11,13H,10,12H2,1-2H3,(H,23,24);1-7,9H,8H2,(H2,16,18);2-3H,1H3. The van der Waals surface area contributed by atoms with E-state index in [0.717, 1.165) is 73.7 Å². The maximum Gasteiger partial charge on any atom is 0.246 e. The van der Waals surface area contributed by atoms with Crippen LogP contribution in [0.25, 0.3) is 57.3 Å². The van der Waals surface area contributed by atoms with E-state index in [0.29, 0.717) is 160 Å². The first kappa shape index (κ1) is 82.2. The Balaban J connectivity index is 0.000000125. The number of methoxy groups -OCH3 is 6. The van der Waals surface area contributed by atoms with E-state index < -0.39 is 0 Å². The number of anilines is 4. The second-order valence-corrected chi connectivity index (χ2v) is 27.7. The number of hydrogen-bond donors (Lipinski definition) is 4. The van der Waals surface area contributed by atoms with E-state index in [9.17, 15) is 0 Å². The maximum absolute atomic E-state index is 5.97. The molecule has 19 aromatic rings. The van der Waals surface area contributed by atoms with Crippen molar-refractivity contribution in [3.63, 3.8) is 0 Å². The van der Waals surface area contributed by atoms with Crippen LogP contribution in [-0.2, 0) is 45.3 Å². The zero-order chi connectivity index (χ0) is 84.8. The van der Waals surface area contributed by atoms with Crippen molar-refractivity contribution in [1.82, 2.24) is 98.3 Å². The largest absolute Gasteiger partial charge is 0.497 e. The lowest BCUT2D eigenvalue weighted by atomic mass is 10.1. The molecule has 0 atom stereocenters. The fraction of sp³-hybridized carbons (Fsp3) is 0.159. The summed E-state index contributed by atoms with van der Waals surface area (Å²) in [7, 11) is 9.79. The lowest BCUT2D eigenvalue weighted by Gasteiger charge is -2.12. The van der Waals surface area contributed by atoms with Gasteiger partial charge in [0.2, 0.25) is 17.7 Å². The van der Waals surface area contributed by atoms with Gasteiger partial charge in [0.25, 0.3) is 0 Å². The highest BCUT2D eigenvalue weighted by Gasteiger charge is 2.21. The first-order valence-corrected chi connectivity index (χ1v) is 39.1. The van der Waals surface area contributed by atoms with E-state index in [4.69, 9.17) is 71.8 Å². The Morgan fingerprint density at radius 2 is 0.650 bits per heavy atom. The Hall–Kier alpha value is -15.9. The van der Waals surface area contributed by atoms with Gasteiger partial charge in [-0.05, 0) is 74.6 Å². The van der Waals surface area contributed by atoms with Gasteiger partial charge in [0.05, 0.1) is 92.2 Å². The Labute approximate surface area is 711 Å². The highest BCUT2D eigenvalue weighted by Crippen LogP contribution is 2.32. The third-order valence-corrected chi connectivity index (χ3v) is 19.0. The summed E-state index contributed by atoms with van der Waals surface area (Å²) in [6.07, 6.45) is 22.0. The van der Waals surface area contributed by atoms with Crippen molar-refractivity contribution in [2.45, 2.75) is 52.2 Å². The Morgan fingerprint density at radius 3 is 0.951 bits per heavy atom. The lowest BCUT2D eigenvalue weighted by Crippen LogP contribution is -2.07. The maximum atomic E-state index is 5.97. The first-order chi connectivity index (χ1) is 60.3. The second kappa shape index (κ2) is 39.5. The third-order valence-electron chi connectivity index (χ3n) is 18.6. The zero-order valence-electron chi connectivity index (χ0n) is 67.6. The lowest BCUT2D eigenvalue weighted by molar-refractivity contribution is 0.391. The molecular weight excluding hydrogens is 1630 g/mol. The molecule has 0 bridgehead atoms. The molecule has 19 rings (SSSR count). The fourth-order valence-electron chi connectivity index (χ4n) is 12.7. The molecule has 0 aliphatic carbocycles. The highest BCUT2D eigenvalue weighted by molar-refractivity contribution is 9.10. The molecule has 0 unspecified atom stereocenters. The van der Waals surface area contributed by atoms with Crippen molar-refractivity contribution in [2.75, 3.05) is 64.3 Å². The number of rotatable bonds is 26. The molecule has 0 aliphatic rings. The van der Waals surface area contributed by atoms with Crippen molar-refractivity contribution < 1.29 is 46.1 Å². The molecule has 620 valence electrons. The van der Waals surface area contributed by atoms with Gasteiger partial charge in [-0.2, -0.15) is 20.4 Å². The van der Waals surface area contributed by atoms with Crippen LogP contribution in [0.4, 0.5) is 23.3 Å². The molecule has 0 aliphatic heterocycles. The van der Waals surface area contributed by atoms with Crippen LogP contribution in [0, 0.1) is 6.92 Å². The van der Waals surface area contributed by atoms with Crippen LogP contribution in [0.15, 0.2) is 273 Å². The van der Waals surface area contributed by atoms with Crippen molar-refractivity contribution in [1.29, 1.82) is 0 Å². The van der Waals surface area contributed by atoms with Gasteiger partial charge in [0.1, 0.15) is 81.2 Å². The summed E-state index contributed by atoms with van der Waals surface area (Å²) < 4.78 is 60.6. The van der Waals surface area contributed by atoms with Gasteiger partial charge in [-0.15, -0.1) is 0 Å². The fourth-order valence-corrected chi connectivity index (χ4v) is 13.1. The van der Waals surface area contributed by atoms with Gasteiger partial charge < -0.3 is 67.8 Å². The number of aromatic nitrogens is 20. The predicted octanol–water partition coefficient (Wildman–Crippen LogP) is 15.0. The summed E-state index contributed by atoms with van der Waals surface area (Å²) in [4.78, 5) is 53.1. The topological polar surface area (TPSA) is 394 Å². The molecule has 7 aromatic carbocycles. The van der Waals surface area contributed by atoms with Crippen LogP contribution in [0.2, 0.25) is 0 Å². The normalized spacial score (nSPS) is 10.9. The van der Waals surface area contributed by atoms with E-state index in [1.807, 2.05) is 140 Å². The molecule has 34 nitrogen and oxygen atoms in total. The molecule has 5 N–H and O–H groups in total. The van der Waals surface area contributed by atoms with Crippen molar-refractivity contribution in [3.05, 3.63) is 323 Å². The first-order valence-electron chi connectivity index (χ1n) is 38.3. The number of nitrogens with two attached hydrogens (primary N) is 1. The monoisotopic (exact) mass is 1710 g/mol. The van der Waals surface area contributed by atoms with Crippen molar-refractivity contribution >= 4 is 61.8 Å². The number of nitrogens with one attached hydrogen (secondary N) is 3. The number of hydrogen-bond acceptors (Lipinski definition) is 30. The van der Waals surface area contributed by atoms with Crippen LogP contribution in [-0.4, -0.2) is 141 Å². The number of aryl methyl sites for hydroxylation is 1. The van der Waals surface area contributed by atoms with Gasteiger partial charge in [0.15, 0.2) is 75.0 Å². The molecule has 12 aromatic heterocycles. The zero-order valence-corrected chi connectivity index (χ0v) is 69.2. The number of benzene rings is 7. The van der Waals surface area contributed by atoms with Crippen LogP contribution in [0.3, 0.4) is 0 Å². The average molecular weight is 1710 g/mol. The van der Waals surface area contributed by atoms with Crippen LogP contribution in [0.1, 0.15) is 68.1 Å². The summed E-state index contributed by atoms with van der Waals surface area (Å²) in [5.74, 6) is 11.2. The van der Waals surface area contributed by atoms with Gasteiger partial charge in [-0.3, -0.25) is 0 Å².